The maximum absolute atomic E-state index is 12.5. The molecule has 2 saturated heterocycles. The number of likely N-dealkylation sites (tertiary alicyclic amines) is 1. The van der Waals surface area contributed by atoms with Crippen molar-refractivity contribution in [2.24, 2.45) is 5.92 Å². The third kappa shape index (κ3) is 4.34. The van der Waals surface area contributed by atoms with E-state index in [1.54, 1.807) is 4.90 Å². The van der Waals surface area contributed by atoms with Gasteiger partial charge in [-0.1, -0.05) is 0 Å². The van der Waals surface area contributed by atoms with E-state index in [-0.39, 0.29) is 23.9 Å². The van der Waals surface area contributed by atoms with E-state index < -0.39 is 0 Å². The molecule has 7 nitrogen and oxygen atoms in total. The number of urea groups is 1. The molecule has 2 aliphatic heterocycles. The minimum atomic E-state index is -0.172. The van der Waals surface area contributed by atoms with Crippen LogP contribution in [-0.4, -0.2) is 61.1 Å². The van der Waals surface area contributed by atoms with Crippen molar-refractivity contribution in [2.75, 3.05) is 39.4 Å². The van der Waals surface area contributed by atoms with Gasteiger partial charge in [0.15, 0.2) is 0 Å². The van der Waals surface area contributed by atoms with E-state index in [9.17, 15) is 9.59 Å². The lowest BCUT2D eigenvalue weighted by Crippen LogP contribution is -2.49. The fourth-order valence-corrected chi connectivity index (χ4v) is 3.41. The number of aryl methyl sites for hydroxylation is 1. The molecule has 1 aromatic rings. The van der Waals surface area contributed by atoms with Crippen LogP contribution in [0, 0.1) is 12.8 Å². The van der Waals surface area contributed by atoms with Crippen LogP contribution in [0.3, 0.4) is 0 Å². The van der Waals surface area contributed by atoms with Crippen molar-refractivity contribution in [1.29, 1.82) is 0 Å². The molecule has 0 aromatic carbocycles. The van der Waals surface area contributed by atoms with Crippen molar-refractivity contribution < 1.29 is 18.7 Å². The second-order valence-corrected chi connectivity index (χ2v) is 6.82. The zero-order chi connectivity index (χ0) is 17.8. The van der Waals surface area contributed by atoms with Crippen LogP contribution in [0.25, 0.3) is 0 Å². The van der Waals surface area contributed by atoms with Gasteiger partial charge >= 0.3 is 6.03 Å². The van der Waals surface area contributed by atoms with Gasteiger partial charge in [0.1, 0.15) is 11.5 Å². The molecule has 1 atom stereocenters. The number of ether oxygens (including phenoxy) is 1. The van der Waals surface area contributed by atoms with E-state index in [2.05, 4.69) is 5.32 Å². The van der Waals surface area contributed by atoms with Gasteiger partial charge in [-0.25, -0.2) is 4.79 Å². The zero-order valence-electron chi connectivity index (χ0n) is 15.0. The maximum Gasteiger partial charge on any atom is 0.317 e. The largest absolute Gasteiger partial charge is 0.464 e. The Bertz CT molecular complexity index is 601. The number of carbonyl (C=O) groups excluding carboxylic acids is 2. The summed E-state index contributed by atoms with van der Waals surface area (Å²) >= 11 is 0. The number of hydrogen-bond donors (Lipinski definition) is 1. The number of piperidine rings is 1. The van der Waals surface area contributed by atoms with Gasteiger partial charge in [0, 0.05) is 32.1 Å². The van der Waals surface area contributed by atoms with Crippen molar-refractivity contribution in [3.63, 3.8) is 0 Å². The summed E-state index contributed by atoms with van der Waals surface area (Å²) in [4.78, 5) is 28.6. The number of rotatable bonds is 3. The molecule has 25 heavy (non-hydrogen) atoms. The topological polar surface area (TPSA) is 75.0 Å². The summed E-state index contributed by atoms with van der Waals surface area (Å²) in [5.41, 5.74) is 0. The van der Waals surface area contributed by atoms with Gasteiger partial charge in [-0.15, -0.1) is 0 Å². The summed E-state index contributed by atoms with van der Waals surface area (Å²) in [5, 5.41) is 2.97. The second kappa shape index (κ2) is 7.91. The zero-order valence-corrected chi connectivity index (χ0v) is 15.0. The monoisotopic (exact) mass is 349 g/mol. The first-order chi connectivity index (χ1) is 12.0. The van der Waals surface area contributed by atoms with Crippen molar-refractivity contribution in [3.8, 4) is 0 Å². The summed E-state index contributed by atoms with van der Waals surface area (Å²) < 4.78 is 10.9. The van der Waals surface area contributed by atoms with E-state index >= 15 is 0 Å². The fourth-order valence-electron chi connectivity index (χ4n) is 3.41. The Kier molecular flexibility index (Phi) is 5.63. The molecule has 3 heterocycles. The molecule has 2 aliphatic rings. The van der Waals surface area contributed by atoms with Crippen LogP contribution in [0.4, 0.5) is 4.79 Å². The van der Waals surface area contributed by atoms with Crippen LogP contribution in [0.5, 0.6) is 0 Å². The highest BCUT2D eigenvalue weighted by molar-refractivity contribution is 5.80. The van der Waals surface area contributed by atoms with Gasteiger partial charge in [-0.3, -0.25) is 4.79 Å². The van der Waals surface area contributed by atoms with Crippen LogP contribution in [0.15, 0.2) is 16.5 Å². The first kappa shape index (κ1) is 17.8. The maximum atomic E-state index is 12.5. The van der Waals surface area contributed by atoms with E-state index in [0.29, 0.717) is 39.4 Å². The van der Waals surface area contributed by atoms with Crippen LogP contribution < -0.4 is 5.32 Å². The Morgan fingerprint density at radius 1 is 1.12 bits per heavy atom. The molecule has 2 fully saturated rings. The van der Waals surface area contributed by atoms with E-state index in [1.165, 1.54) is 0 Å². The summed E-state index contributed by atoms with van der Waals surface area (Å²) in [6, 6.07) is 3.50. The van der Waals surface area contributed by atoms with Gasteiger partial charge in [0.05, 0.1) is 19.3 Å². The third-order valence-corrected chi connectivity index (χ3v) is 4.98. The Morgan fingerprint density at radius 2 is 1.80 bits per heavy atom. The highest BCUT2D eigenvalue weighted by Crippen LogP contribution is 2.21. The van der Waals surface area contributed by atoms with Crippen LogP contribution in [-0.2, 0) is 9.53 Å². The normalized spacial score (nSPS) is 20.4. The number of nitrogens with one attached hydrogen (secondary N) is 1. The minimum absolute atomic E-state index is 0.0206. The van der Waals surface area contributed by atoms with Crippen molar-refractivity contribution in [3.05, 3.63) is 23.7 Å². The molecule has 138 valence electrons. The molecule has 1 unspecified atom stereocenters. The Balaban J connectivity index is 1.46. The average Bonchev–Trinajstić information content (AvgIpc) is 3.08. The molecule has 1 aromatic heterocycles. The summed E-state index contributed by atoms with van der Waals surface area (Å²) in [6.07, 6.45) is 1.44. The van der Waals surface area contributed by atoms with Gasteiger partial charge in [0.2, 0.25) is 5.91 Å². The summed E-state index contributed by atoms with van der Waals surface area (Å²) in [7, 11) is 0. The molecular weight excluding hydrogens is 322 g/mol. The molecular formula is C18H27N3O4. The first-order valence-corrected chi connectivity index (χ1v) is 9.03. The predicted octanol–water partition coefficient (Wildman–Crippen LogP) is 1.93. The number of amides is 3. The van der Waals surface area contributed by atoms with Gasteiger partial charge < -0.3 is 24.3 Å². The smallest absolute Gasteiger partial charge is 0.317 e. The van der Waals surface area contributed by atoms with Crippen LogP contribution in [0.1, 0.15) is 37.3 Å². The lowest BCUT2D eigenvalue weighted by atomic mass is 9.95. The lowest BCUT2D eigenvalue weighted by molar-refractivity contribution is -0.141. The SMILES string of the molecule is Cc1ccc(C(C)NC(=O)N2CCC(C(=O)N3CCOCC3)CC2)o1. The number of furan rings is 1. The van der Waals surface area contributed by atoms with Crippen molar-refractivity contribution in [2.45, 2.75) is 32.7 Å². The minimum Gasteiger partial charge on any atom is -0.464 e. The summed E-state index contributed by atoms with van der Waals surface area (Å²) in [5.74, 6) is 1.82. The Hall–Kier alpha value is -2.02. The predicted molar refractivity (Wildman–Crippen MR) is 92.1 cm³/mol. The molecule has 3 amide bonds. The number of carbonyl (C=O) groups is 2. The number of morpholine rings is 1. The number of hydrogen-bond acceptors (Lipinski definition) is 4. The highest BCUT2D eigenvalue weighted by Gasteiger charge is 2.31. The lowest BCUT2D eigenvalue weighted by Gasteiger charge is -2.35. The molecule has 0 saturated carbocycles. The average molecular weight is 349 g/mol. The second-order valence-electron chi connectivity index (χ2n) is 6.82. The standard InChI is InChI=1S/C18H27N3O4/c1-13-3-4-16(25-13)14(2)19-18(23)21-7-5-15(6-8-21)17(22)20-9-11-24-12-10-20/h3-4,14-15H,5-12H2,1-2H3,(H,19,23). The Morgan fingerprint density at radius 3 is 2.40 bits per heavy atom. The third-order valence-electron chi connectivity index (χ3n) is 4.98. The molecule has 0 bridgehead atoms. The van der Waals surface area contributed by atoms with Gasteiger partial charge in [0.25, 0.3) is 0 Å². The molecule has 7 heteroatoms. The number of nitrogens with zero attached hydrogens (tertiary/aromatic N) is 2. The first-order valence-electron chi connectivity index (χ1n) is 9.03. The molecule has 0 radical (unpaired) electrons. The van der Waals surface area contributed by atoms with Crippen LogP contribution in [0.2, 0.25) is 0 Å². The van der Waals surface area contributed by atoms with E-state index in [0.717, 1.165) is 24.4 Å². The molecule has 1 N–H and O–H groups in total. The van der Waals surface area contributed by atoms with Gasteiger partial charge in [-0.2, -0.15) is 0 Å². The van der Waals surface area contributed by atoms with E-state index in [4.69, 9.17) is 9.15 Å². The van der Waals surface area contributed by atoms with E-state index in [1.807, 2.05) is 30.9 Å². The van der Waals surface area contributed by atoms with Crippen molar-refractivity contribution >= 4 is 11.9 Å². The molecule has 3 rings (SSSR count). The Labute approximate surface area is 148 Å². The highest BCUT2D eigenvalue weighted by atomic mass is 16.5. The van der Waals surface area contributed by atoms with Crippen LogP contribution >= 0.6 is 0 Å². The fraction of sp³-hybridized carbons (Fsp3) is 0.667. The van der Waals surface area contributed by atoms with Crippen molar-refractivity contribution in [1.82, 2.24) is 15.1 Å². The molecule has 0 aliphatic carbocycles. The molecule has 0 spiro atoms. The quantitative estimate of drug-likeness (QED) is 0.905. The van der Waals surface area contributed by atoms with Gasteiger partial charge in [-0.05, 0) is 38.8 Å². The summed E-state index contributed by atoms with van der Waals surface area (Å²) in [6.45, 7) is 7.61.